The maximum atomic E-state index is 12.7. The van der Waals surface area contributed by atoms with E-state index in [4.69, 9.17) is 14.2 Å². The minimum absolute atomic E-state index is 0.0121. The second kappa shape index (κ2) is 45.8. The molecular weight excluding hydrogens is 811 g/mol. The Bertz CT molecular complexity index is 1560. The van der Waals surface area contributed by atoms with Crippen LogP contribution in [0.3, 0.4) is 0 Å². The number of carbonyl (C=O) groups excluding carboxylic acids is 3. The quantitative estimate of drug-likeness (QED) is 0.0261. The van der Waals surface area contributed by atoms with Crippen molar-refractivity contribution in [3.8, 4) is 0 Å². The average molecular weight is 898 g/mol. The molecule has 0 heterocycles. The van der Waals surface area contributed by atoms with E-state index in [1.807, 2.05) is 12.2 Å². The van der Waals surface area contributed by atoms with Crippen molar-refractivity contribution >= 4 is 17.9 Å². The van der Waals surface area contributed by atoms with Crippen molar-refractivity contribution in [1.82, 2.24) is 0 Å². The van der Waals surface area contributed by atoms with Gasteiger partial charge in [-0.25, -0.2) is 0 Å². The molecule has 0 spiro atoms. The molecule has 0 amide bonds. The fourth-order valence-corrected chi connectivity index (χ4v) is 6.04. The van der Waals surface area contributed by atoms with E-state index in [9.17, 15) is 19.5 Å². The Morgan fingerprint density at radius 2 is 0.846 bits per heavy atom. The third kappa shape index (κ3) is 44.2. The summed E-state index contributed by atoms with van der Waals surface area (Å²) in [4.78, 5) is 37.0. The molecule has 65 heavy (non-hydrogen) atoms. The molecule has 0 bridgehead atoms. The Labute approximate surface area is 395 Å². The number of aliphatic carboxylic acids is 1. The van der Waals surface area contributed by atoms with Gasteiger partial charge in [0.2, 0.25) is 0 Å². The van der Waals surface area contributed by atoms with Crippen molar-refractivity contribution in [3.05, 3.63) is 146 Å². The zero-order valence-corrected chi connectivity index (χ0v) is 41.1. The van der Waals surface area contributed by atoms with Gasteiger partial charge in [0.1, 0.15) is 12.6 Å². The lowest BCUT2D eigenvalue weighted by atomic mass is 10.1. The molecule has 0 saturated heterocycles. The Morgan fingerprint density at radius 1 is 0.462 bits per heavy atom. The van der Waals surface area contributed by atoms with Crippen LogP contribution in [0.5, 0.6) is 0 Å². The minimum atomic E-state index is -1.15. The number of carboxylic acids is 1. The van der Waals surface area contributed by atoms with E-state index >= 15 is 0 Å². The van der Waals surface area contributed by atoms with E-state index in [0.29, 0.717) is 12.8 Å². The largest absolute Gasteiger partial charge is 0.544 e. The number of hydrogen-bond donors (Lipinski definition) is 0. The molecule has 0 rings (SSSR count). The van der Waals surface area contributed by atoms with Crippen LogP contribution < -0.4 is 5.11 Å². The number of unbranched alkanes of at least 4 members (excludes halogenated alkanes) is 3. The molecule has 8 nitrogen and oxygen atoms in total. The molecule has 0 fully saturated rings. The lowest BCUT2D eigenvalue weighted by Crippen LogP contribution is -2.55. The smallest absolute Gasteiger partial charge is 0.306 e. The Balaban J connectivity index is 4.50. The van der Waals surface area contributed by atoms with Crippen molar-refractivity contribution in [2.75, 3.05) is 41.0 Å². The summed E-state index contributed by atoms with van der Waals surface area (Å²) in [6, 6.07) is -0.755. The molecule has 0 aliphatic carbocycles. The molecule has 0 aromatic heterocycles. The summed E-state index contributed by atoms with van der Waals surface area (Å²) in [5.74, 6) is -1.91. The number of nitrogens with zero attached hydrogens (tertiary/aromatic N) is 1. The van der Waals surface area contributed by atoms with Crippen molar-refractivity contribution in [2.45, 2.75) is 154 Å². The first kappa shape index (κ1) is 60.2. The summed E-state index contributed by atoms with van der Waals surface area (Å²) in [5, 5.41) is 11.7. The van der Waals surface area contributed by atoms with E-state index in [1.165, 1.54) is 0 Å². The summed E-state index contributed by atoms with van der Waals surface area (Å²) in [6.45, 7) is 4.29. The number of quaternary nitrogens is 1. The zero-order valence-electron chi connectivity index (χ0n) is 41.1. The van der Waals surface area contributed by atoms with Crippen LogP contribution in [0.4, 0.5) is 0 Å². The Hall–Kier alpha value is -4.79. The van der Waals surface area contributed by atoms with Gasteiger partial charge in [-0.1, -0.05) is 166 Å². The average Bonchev–Trinajstić information content (AvgIpc) is 3.27. The first-order valence-corrected chi connectivity index (χ1v) is 24.4. The van der Waals surface area contributed by atoms with Gasteiger partial charge in [0.25, 0.3) is 0 Å². The number of likely N-dealkylation sites (N-methyl/N-ethyl adjacent to an activating group) is 1. The number of esters is 2. The van der Waals surface area contributed by atoms with E-state index < -0.39 is 24.1 Å². The molecule has 0 aromatic rings. The van der Waals surface area contributed by atoms with Crippen LogP contribution in [0.2, 0.25) is 0 Å². The van der Waals surface area contributed by atoms with Crippen molar-refractivity contribution in [3.63, 3.8) is 0 Å². The SMILES string of the molecule is CC/C=C/C/C=C/C/C=C/C/C=C/C/C=C/C/C=C/CCCCCC(=O)OCC(COCCC(C(=O)[O-])[N+](C)(C)C)OC(=O)CC/C=C/C/C=C/C/C=C/C/C=C/C/C=C/C/C=C/CC. The van der Waals surface area contributed by atoms with Crippen molar-refractivity contribution in [2.24, 2.45) is 0 Å². The fraction of sp³-hybridized carbons (Fsp3) is 0.526. The standard InChI is InChI=1S/C57H87NO7/c1-6-8-10-12-14-16-18-20-22-24-26-27-28-30-31-33-35-37-39-41-43-45-47-55(59)64-52-53(51-63-50-49-54(57(61)62)58(3,4)5)65-56(60)48-46-44-42-40-38-36-34-32-29-25-23-21-19-17-15-13-11-9-7-2/h8-11,14-17,20-23,26-27,29-32,35-38,42,44,53-54H,6-7,12-13,18-19,24-25,28,33-34,39-41,43,45-52H2,1-5H3/b10-8+,11-9+,16-14+,17-15+,22-20+,23-21+,27-26+,31-30+,32-29+,37-35+,38-36+,44-42+. The molecule has 8 heteroatoms. The summed E-state index contributed by atoms with van der Waals surface area (Å²) in [6.07, 6.45) is 67.5. The topological polar surface area (TPSA) is 102 Å². The predicted octanol–water partition coefficient (Wildman–Crippen LogP) is 12.8. The highest BCUT2D eigenvalue weighted by molar-refractivity contribution is 5.70. The van der Waals surface area contributed by atoms with Gasteiger partial charge in [0.15, 0.2) is 6.10 Å². The second-order valence-electron chi connectivity index (χ2n) is 16.6. The van der Waals surface area contributed by atoms with Gasteiger partial charge < -0.3 is 28.6 Å². The van der Waals surface area contributed by atoms with Crippen LogP contribution in [0.1, 0.15) is 142 Å². The first-order valence-electron chi connectivity index (χ1n) is 24.4. The number of rotatable bonds is 41. The van der Waals surface area contributed by atoms with Crippen LogP contribution in [-0.2, 0) is 28.6 Å². The van der Waals surface area contributed by atoms with Crippen LogP contribution in [-0.4, -0.2) is 75.5 Å². The number of ether oxygens (including phenoxy) is 3. The summed E-state index contributed by atoms with van der Waals surface area (Å²) < 4.78 is 17.1. The van der Waals surface area contributed by atoms with Gasteiger partial charge in [-0.2, -0.15) is 0 Å². The maximum Gasteiger partial charge on any atom is 0.306 e. The second-order valence-corrected chi connectivity index (χ2v) is 16.6. The number of hydrogen-bond acceptors (Lipinski definition) is 7. The Morgan fingerprint density at radius 3 is 1.23 bits per heavy atom. The van der Waals surface area contributed by atoms with Crippen LogP contribution in [0.25, 0.3) is 0 Å². The monoisotopic (exact) mass is 898 g/mol. The minimum Gasteiger partial charge on any atom is -0.544 e. The van der Waals surface area contributed by atoms with Crippen LogP contribution in [0.15, 0.2) is 146 Å². The highest BCUT2D eigenvalue weighted by Gasteiger charge is 2.25. The Kier molecular flexibility index (Phi) is 42.4. The lowest BCUT2D eigenvalue weighted by Gasteiger charge is -2.34. The lowest BCUT2D eigenvalue weighted by molar-refractivity contribution is -0.889. The van der Waals surface area contributed by atoms with Crippen LogP contribution in [0, 0.1) is 0 Å². The third-order valence-corrected chi connectivity index (χ3v) is 9.73. The van der Waals surface area contributed by atoms with Gasteiger partial charge >= 0.3 is 11.9 Å². The highest BCUT2D eigenvalue weighted by atomic mass is 16.6. The van der Waals surface area contributed by atoms with Gasteiger partial charge in [0.05, 0.1) is 40.3 Å². The number of allylic oxidation sites excluding steroid dienone is 24. The van der Waals surface area contributed by atoms with E-state index in [0.717, 1.165) is 96.3 Å². The third-order valence-electron chi connectivity index (χ3n) is 9.73. The molecule has 362 valence electrons. The maximum absolute atomic E-state index is 12.7. The van der Waals surface area contributed by atoms with E-state index in [-0.39, 0.29) is 49.5 Å². The van der Waals surface area contributed by atoms with Gasteiger partial charge in [-0.3, -0.25) is 9.59 Å². The van der Waals surface area contributed by atoms with Gasteiger partial charge in [-0.05, 0) is 103 Å². The molecule has 2 unspecified atom stereocenters. The highest BCUT2D eigenvalue weighted by Crippen LogP contribution is 2.10. The summed E-state index contributed by atoms with van der Waals surface area (Å²) >= 11 is 0. The van der Waals surface area contributed by atoms with Crippen LogP contribution >= 0.6 is 0 Å². The predicted molar refractivity (Wildman–Crippen MR) is 272 cm³/mol. The van der Waals surface area contributed by atoms with Crippen molar-refractivity contribution in [1.29, 1.82) is 0 Å². The summed E-state index contributed by atoms with van der Waals surface area (Å²) in [5.41, 5.74) is 0. The molecular formula is C57H87NO7. The molecule has 0 aliphatic rings. The molecule has 0 saturated carbocycles. The first-order chi connectivity index (χ1) is 31.6. The molecule has 0 radical (unpaired) electrons. The molecule has 0 N–H and O–H groups in total. The fourth-order valence-electron chi connectivity index (χ4n) is 6.04. The molecule has 0 aromatic carbocycles. The van der Waals surface area contributed by atoms with Gasteiger partial charge in [-0.15, -0.1) is 0 Å². The number of carbonyl (C=O) groups is 3. The molecule has 2 atom stereocenters. The molecule has 0 aliphatic heterocycles. The van der Waals surface area contributed by atoms with E-state index in [2.05, 4.69) is 148 Å². The summed E-state index contributed by atoms with van der Waals surface area (Å²) in [7, 11) is 5.36. The normalized spacial score (nSPS) is 14.2. The van der Waals surface area contributed by atoms with Gasteiger partial charge in [0, 0.05) is 19.3 Å². The number of carboxylic acid groups (broad SMARTS) is 1. The van der Waals surface area contributed by atoms with Crippen molar-refractivity contribution < 1.29 is 38.2 Å². The zero-order chi connectivity index (χ0) is 47.7. The van der Waals surface area contributed by atoms with E-state index in [1.54, 1.807) is 21.1 Å².